The molecule has 0 radical (unpaired) electrons. The number of hydrogen-bond donors (Lipinski definition) is 0. The highest BCUT2D eigenvalue weighted by Crippen LogP contribution is 2.51. The second-order valence-electron chi connectivity index (χ2n) is 16.1. The van der Waals surface area contributed by atoms with Crippen molar-refractivity contribution >= 4 is 81.3 Å². The Bertz CT molecular complexity index is 3440. The molecule has 0 amide bonds. The first-order valence-corrected chi connectivity index (χ1v) is 20.8. The molecule has 3 heteroatoms. The highest BCUT2D eigenvalue weighted by molar-refractivity contribution is 7.25. The standard InChI is InChI=1S/C55H37NOS/c1-55(2)48-19-8-5-13-41(48)42-28-27-37(33-49(42)55)56(36-25-22-34(23-26-36)39-17-11-18-46-44-15-6-9-20-51(44)57-54(39)46)50-30-29-38(40-12-3-4-14-43(40)50)35-24-31-53-47(32-35)45-16-7-10-21-52(45)58-53/h3-33H,1-2H3. The van der Waals surface area contributed by atoms with E-state index in [1.165, 1.54) is 64.3 Å². The molecule has 1 aliphatic carbocycles. The molecule has 58 heavy (non-hydrogen) atoms. The summed E-state index contributed by atoms with van der Waals surface area (Å²) in [5, 5.41) is 7.34. The van der Waals surface area contributed by atoms with Crippen LogP contribution in [0.2, 0.25) is 0 Å². The Kier molecular flexibility index (Phi) is 7.18. The number of rotatable bonds is 5. The molecule has 0 saturated carbocycles. The van der Waals surface area contributed by atoms with E-state index in [4.69, 9.17) is 4.42 Å². The van der Waals surface area contributed by atoms with Gasteiger partial charge in [0.25, 0.3) is 0 Å². The predicted molar refractivity (Wildman–Crippen MR) is 247 cm³/mol. The van der Waals surface area contributed by atoms with Gasteiger partial charge in [-0.1, -0.05) is 147 Å². The summed E-state index contributed by atoms with van der Waals surface area (Å²) in [4.78, 5) is 2.45. The molecule has 274 valence electrons. The zero-order valence-corrected chi connectivity index (χ0v) is 33.0. The Balaban J connectivity index is 1.04. The average molecular weight is 760 g/mol. The van der Waals surface area contributed by atoms with Gasteiger partial charge in [-0.25, -0.2) is 0 Å². The minimum Gasteiger partial charge on any atom is -0.455 e. The van der Waals surface area contributed by atoms with E-state index in [0.717, 1.165) is 50.1 Å². The molecule has 12 rings (SSSR count). The number of benzene rings is 9. The van der Waals surface area contributed by atoms with Crippen molar-refractivity contribution in [2.24, 2.45) is 0 Å². The van der Waals surface area contributed by atoms with Gasteiger partial charge in [0.05, 0.1) is 5.69 Å². The van der Waals surface area contributed by atoms with Crippen molar-refractivity contribution < 1.29 is 4.42 Å². The highest BCUT2D eigenvalue weighted by atomic mass is 32.1. The quantitative estimate of drug-likeness (QED) is 0.174. The van der Waals surface area contributed by atoms with Gasteiger partial charge in [-0.15, -0.1) is 11.3 Å². The summed E-state index contributed by atoms with van der Waals surface area (Å²) in [6.45, 7) is 4.72. The Morgan fingerprint density at radius 2 is 1.05 bits per heavy atom. The molecule has 2 aromatic heterocycles. The van der Waals surface area contributed by atoms with Crippen molar-refractivity contribution in [1.29, 1.82) is 0 Å². The number of furan rings is 1. The van der Waals surface area contributed by atoms with Crippen LogP contribution in [0.1, 0.15) is 25.0 Å². The van der Waals surface area contributed by atoms with Crippen molar-refractivity contribution in [2.45, 2.75) is 19.3 Å². The van der Waals surface area contributed by atoms with Crippen LogP contribution in [0.15, 0.2) is 192 Å². The SMILES string of the molecule is CC1(C)c2ccccc2-c2ccc(N(c3ccc(-c4cccc5c4oc4ccccc45)cc3)c3ccc(-c4ccc5sc6ccccc6c5c4)c4ccccc34)cc21. The molecule has 9 aromatic carbocycles. The summed E-state index contributed by atoms with van der Waals surface area (Å²) in [6, 6.07) is 69.0. The molecule has 0 N–H and O–H groups in total. The minimum atomic E-state index is -0.126. The smallest absolute Gasteiger partial charge is 0.143 e. The fraction of sp³-hybridized carbons (Fsp3) is 0.0545. The van der Waals surface area contributed by atoms with Crippen LogP contribution in [-0.2, 0) is 5.41 Å². The molecular weight excluding hydrogens is 723 g/mol. The van der Waals surface area contributed by atoms with Gasteiger partial charge in [0.2, 0.25) is 0 Å². The average Bonchev–Trinajstić information content (AvgIpc) is 3.91. The van der Waals surface area contributed by atoms with Crippen LogP contribution in [0.4, 0.5) is 17.1 Å². The molecule has 2 nitrogen and oxygen atoms in total. The molecule has 0 spiro atoms. The summed E-state index contributed by atoms with van der Waals surface area (Å²) in [6.07, 6.45) is 0. The van der Waals surface area contributed by atoms with Crippen LogP contribution >= 0.6 is 11.3 Å². The van der Waals surface area contributed by atoms with E-state index in [1.807, 2.05) is 17.4 Å². The molecule has 0 bridgehead atoms. The number of anilines is 3. The van der Waals surface area contributed by atoms with Crippen LogP contribution in [0.25, 0.3) is 86.3 Å². The molecule has 0 atom stereocenters. The first-order valence-electron chi connectivity index (χ1n) is 20.0. The van der Waals surface area contributed by atoms with E-state index in [0.29, 0.717) is 0 Å². The topological polar surface area (TPSA) is 16.4 Å². The van der Waals surface area contributed by atoms with E-state index in [-0.39, 0.29) is 5.41 Å². The lowest BCUT2D eigenvalue weighted by atomic mass is 9.82. The van der Waals surface area contributed by atoms with E-state index in [1.54, 1.807) is 0 Å². The number of thiophene rings is 1. The third-order valence-corrected chi connectivity index (χ3v) is 13.6. The van der Waals surface area contributed by atoms with Crippen molar-refractivity contribution in [3.63, 3.8) is 0 Å². The van der Waals surface area contributed by atoms with Gasteiger partial charge in [-0.05, 0) is 98.9 Å². The molecular formula is C55H37NOS. The van der Waals surface area contributed by atoms with E-state index in [2.05, 4.69) is 201 Å². The molecule has 0 unspecified atom stereocenters. The number of para-hydroxylation sites is 2. The van der Waals surface area contributed by atoms with Crippen molar-refractivity contribution in [3.8, 4) is 33.4 Å². The lowest BCUT2D eigenvalue weighted by Gasteiger charge is -2.29. The van der Waals surface area contributed by atoms with Crippen LogP contribution in [-0.4, -0.2) is 0 Å². The Morgan fingerprint density at radius 3 is 1.93 bits per heavy atom. The van der Waals surface area contributed by atoms with Crippen LogP contribution in [0.5, 0.6) is 0 Å². The number of fused-ring (bicyclic) bond motifs is 10. The fourth-order valence-electron chi connectivity index (χ4n) is 9.65. The Labute approximate surface area is 340 Å². The number of nitrogens with zero attached hydrogens (tertiary/aromatic N) is 1. The predicted octanol–water partition coefficient (Wildman–Crippen LogP) is 16.2. The first kappa shape index (κ1) is 33.2. The molecule has 1 aliphatic rings. The fourth-order valence-corrected chi connectivity index (χ4v) is 10.7. The normalized spacial score (nSPS) is 13.1. The maximum absolute atomic E-state index is 6.47. The largest absolute Gasteiger partial charge is 0.455 e. The van der Waals surface area contributed by atoms with Crippen molar-refractivity contribution in [3.05, 3.63) is 199 Å². The zero-order valence-electron chi connectivity index (χ0n) is 32.2. The Hall–Kier alpha value is -6.94. The molecule has 0 aliphatic heterocycles. The maximum Gasteiger partial charge on any atom is 0.143 e. The van der Waals surface area contributed by atoms with Gasteiger partial charge in [0.15, 0.2) is 0 Å². The van der Waals surface area contributed by atoms with E-state index in [9.17, 15) is 0 Å². The van der Waals surface area contributed by atoms with Crippen LogP contribution < -0.4 is 4.90 Å². The first-order chi connectivity index (χ1) is 28.5. The molecule has 2 heterocycles. The van der Waals surface area contributed by atoms with Gasteiger partial charge >= 0.3 is 0 Å². The van der Waals surface area contributed by atoms with Gasteiger partial charge < -0.3 is 9.32 Å². The van der Waals surface area contributed by atoms with E-state index < -0.39 is 0 Å². The van der Waals surface area contributed by atoms with Crippen molar-refractivity contribution in [2.75, 3.05) is 4.90 Å². The van der Waals surface area contributed by atoms with Gasteiger partial charge in [-0.3, -0.25) is 0 Å². The zero-order chi connectivity index (χ0) is 38.5. The molecule has 0 saturated heterocycles. The van der Waals surface area contributed by atoms with Gasteiger partial charge in [0, 0.05) is 58.7 Å². The van der Waals surface area contributed by atoms with Crippen molar-refractivity contribution in [1.82, 2.24) is 0 Å². The summed E-state index contributed by atoms with van der Waals surface area (Å²) in [5.41, 5.74) is 15.1. The third-order valence-electron chi connectivity index (χ3n) is 12.5. The van der Waals surface area contributed by atoms with Crippen LogP contribution in [0, 0.1) is 0 Å². The molecule has 0 fully saturated rings. The lowest BCUT2D eigenvalue weighted by molar-refractivity contribution is 0.660. The lowest BCUT2D eigenvalue weighted by Crippen LogP contribution is -2.16. The summed E-state index contributed by atoms with van der Waals surface area (Å²) < 4.78 is 9.11. The van der Waals surface area contributed by atoms with Gasteiger partial charge in [-0.2, -0.15) is 0 Å². The highest BCUT2D eigenvalue weighted by Gasteiger charge is 2.36. The van der Waals surface area contributed by atoms with Gasteiger partial charge in [0.1, 0.15) is 11.2 Å². The second-order valence-corrected chi connectivity index (χ2v) is 17.1. The summed E-state index contributed by atoms with van der Waals surface area (Å²) >= 11 is 1.86. The third kappa shape index (κ3) is 4.90. The second kappa shape index (κ2) is 12.5. The number of hydrogen-bond acceptors (Lipinski definition) is 3. The minimum absolute atomic E-state index is 0.126. The van der Waals surface area contributed by atoms with E-state index >= 15 is 0 Å². The Morgan fingerprint density at radius 1 is 0.414 bits per heavy atom. The summed E-state index contributed by atoms with van der Waals surface area (Å²) in [7, 11) is 0. The molecule has 11 aromatic rings. The monoisotopic (exact) mass is 759 g/mol. The van der Waals surface area contributed by atoms with Crippen LogP contribution in [0.3, 0.4) is 0 Å². The maximum atomic E-state index is 6.47. The summed E-state index contributed by atoms with van der Waals surface area (Å²) in [5.74, 6) is 0.